The number of hydrogen-bond acceptors (Lipinski definition) is 6. The summed E-state index contributed by atoms with van der Waals surface area (Å²) in [7, 11) is 0. The Balaban J connectivity index is 1.54. The molecular weight excluding hydrogens is 346 g/mol. The van der Waals surface area contributed by atoms with E-state index in [1.54, 1.807) is 17.5 Å². The molecule has 1 aliphatic heterocycles. The first-order chi connectivity index (χ1) is 13.3. The number of carbonyl (C=O) groups is 1. The van der Waals surface area contributed by atoms with Crippen LogP contribution in [-0.2, 0) is 6.54 Å². The number of aromatic nitrogens is 4. The zero-order valence-corrected chi connectivity index (χ0v) is 15.1. The number of furan rings is 1. The normalized spacial score (nSPS) is 14.3. The Kier molecular flexibility index (Phi) is 4.73. The van der Waals surface area contributed by atoms with Crippen molar-refractivity contribution in [2.45, 2.75) is 19.9 Å². The van der Waals surface area contributed by atoms with E-state index in [2.05, 4.69) is 31.9 Å². The first kappa shape index (κ1) is 17.1. The summed E-state index contributed by atoms with van der Waals surface area (Å²) in [6.45, 7) is 4.30. The van der Waals surface area contributed by atoms with Crippen molar-refractivity contribution >= 4 is 23.2 Å². The number of urea groups is 1. The van der Waals surface area contributed by atoms with Crippen molar-refractivity contribution in [1.82, 2.24) is 29.8 Å². The van der Waals surface area contributed by atoms with Crippen LogP contribution in [0.3, 0.4) is 0 Å². The third kappa shape index (κ3) is 3.48. The van der Waals surface area contributed by atoms with Crippen molar-refractivity contribution < 1.29 is 9.21 Å². The molecule has 0 radical (unpaired) electrons. The fraction of sp³-hybridized carbons (Fsp3) is 0.333. The van der Waals surface area contributed by atoms with Gasteiger partial charge in [-0.3, -0.25) is 4.40 Å². The molecule has 0 unspecified atom stereocenters. The van der Waals surface area contributed by atoms with E-state index in [9.17, 15) is 4.79 Å². The highest BCUT2D eigenvalue weighted by Gasteiger charge is 2.20. The average Bonchev–Trinajstić information content (AvgIpc) is 3.38. The highest BCUT2D eigenvalue weighted by molar-refractivity contribution is 5.80. The molecule has 0 fully saturated rings. The molecule has 0 aliphatic carbocycles. The topological polar surface area (TPSA) is 101 Å². The Morgan fingerprint density at radius 2 is 2.33 bits per heavy atom. The lowest BCUT2D eigenvalue weighted by Crippen LogP contribution is -2.42. The highest BCUT2D eigenvalue weighted by Crippen LogP contribution is 2.26. The van der Waals surface area contributed by atoms with E-state index in [0.717, 1.165) is 29.0 Å². The van der Waals surface area contributed by atoms with Crippen LogP contribution in [0.15, 0.2) is 41.4 Å². The van der Waals surface area contributed by atoms with Crippen LogP contribution in [-0.4, -0.2) is 50.1 Å². The maximum Gasteiger partial charge on any atom is 0.317 e. The van der Waals surface area contributed by atoms with E-state index in [-0.39, 0.29) is 6.03 Å². The van der Waals surface area contributed by atoms with E-state index in [4.69, 9.17) is 4.42 Å². The molecule has 0 atom stereocenters. The summed E-state index contributed by atoms with van der Waals surface area (Å²) in [6.07, 6.45) is 7.89. The van der Waals surface area contributed by atoms with Crippen molar-refractivity contribution in [3.63, 3.8) is 0 Å². The summed E-state index contributed by atoms with van der Waals surface area (Å²) in [5.41, 5.74) is 2.80. The van der Waals surface area contributed by atoms with Crippen molar-refractivity contribution in [3.05, 3.63) is 48.3 Å². The van der Waals surface area contributed by atoms with Crippen LogP contribution in [0.5, 0.6) is 0 Å². The SMILES string of the molecule is CCNC(=O)N1CC=C(c2cnc(NCc3ccco3)n3cnnc23)CC1. The summed E-state index contributed by atoms with van der Waals surface area (Å²) in [5, 5.41) is 14.4. The quantitative estimate of drug-likeness (QED) is 0.717. The monoisotopic (exact) mass is 367 g/mol. The van der Waals surface area contributed by atoms with E-state index in [1.165, 1.54) is 0 Å². The van der Waals surface area contributed by atoms with Crippen LogP contribution >= 0.6 is 0 Å². The van der Waals surface area contributed by atoms with Crippen LogP contribution in [0.25, 0.3) is 11.2 Å². The van der Waals surface area contributed by atoms with Crippen molar-refractivity contribution in [2.75, 3.05) is 25.0 Å². The lowest BCUT2D eigenvalue weighted by molar-refractivity contribution is 0.203. The van der Waals surface area contributed by atoms with Gasteiger partial charge in [0.1, 0.15) is 12.1 Å². The first-order valence-corrected chi connectivity index (χ1v) is 8.93. The average molecular weight is 367 g/mol. The molecule has 3 aromatic heterocycles. The Morgan fingerprint density at radius 1 is 1.41 bits per heavy atom. The lowest BCUT2D eigenvalue weighted by atomic mass is 10.0. The Morgan fingerprint density at radius 3 is 3.07 bits per heavy atom. The number of amides is 2. The predicted octanol–water partition coefficient (Wildman–Crippen LogP) is 2.15. The van der Waals surface area contributed by atoms with Crippen LogP contribution in [0.1, 0.15) is 24.7 Å². The van der Waals surface area contributed by atoms with Gasteiger partial charge in [0.2, 0.25) is 5.95 Å². The molecule has 27 heavy (non-hydrogen) atoms. The van der Waals surface area contributed by atoms with E-state index in [1.807, 2.05) is 29.7 Å². The number of nitrogens with one attached hydrogen (secondary N) is 2. The van der Waals surface area contributed by atoms with Gasteiger partial charge in [-0.2, -0.15) is 0 Å². The molecule has 0 saturated heterocycles. The second-order valence-electron chi connectivity index (χ2n) is 6.21. The third-order valence-corrected chi connectivity index (χ3v) is 4.50. The summed E-state index contributed by atoms with van der Waals surface area (Å²) in [4.78, 5) is 18.3. The minimum absolute atomic E-state index is 0.0315. The van der Waals surface area contributed by atoms with Crippen LogP contribution in [0.4, 0.5) is 10.7 Å². The zero-order chi connectivity index (χ0) is 18.6. The summed E-state index contributed by atoms with van der Waals surface area (Å²) in [6, 6.07) is 3.72. The summed E-state index contributed by atoms with van der Waals surface area (Å²) >= 11 is 0. The highest BCUT2D eigenvalue weighted by atomic mass is 16.3. The predicted molar refractivity (Wildman–Crippen MR) is 100 cm³/mol. The second kappa shape index (κ2) is 7.48. The largest absolute Gasteiger partial charge is 0.467 e. The second-order valence-corrected chi connectivity index (χ2v) is 6.21. The smallest absolute Gasteiger partial charge is 0.317 e. The Labute approximate surface area is 156 Å². The molecular formula is C18H21N7O2. The molecule has 1 aliphatic rings. The lowest BCUT2D eigenvalue weighted by Gasteiger charge is -2.26. The zero-order valence-electron chi connectivity index (χ0n) is 15.1. The van der Waals surface area contributed by atoms with Gasteiger partial charge < -0.3 is 20.0 Å². The first-order valence-electron chi connectivity index (χ1n) is 8.93. The Hall–Kier alpha value is -3.36. The van der Waals surface area contributed by atoms with E-state index >= 15 is 0 Å². The van der Waals surface area contributed by atoms with Gasteiger partial charge >= 0.3 is 6.03 Å². The number of rotatable bonds is 5. The van der Waals surface area contributed by atoms with Crippen molar-refractivity contribution in [2.24, 2.45) is 0 Å². The standard InChI is InChI=1S/C18H21N7O2/c1-2-19-18(26)24-7-5-13(6-8-24)15-11-21-17(25-12-22-23-16(15)25)20-10-14-4-3-9-27-14/h3-5,9,11-12H,2,6-8,10H2,1H3,(H,19,26)(H,20,21). The van der Waals surface area contributed by atoms with Crippen LogP contribution < -0.4 is 10.6 Å². The molecule has 140 valence electrons. The Bertz CT molecular complexity index is 961. The summed E-state index contributed by atoms with van der Waals surface area (Å²) in [5.74, 6) is 1.47. The molecule has 0 aromatic carbocycles. The van der Waals surface area contributed by atoms with Gasteiger partial charge in [0.15, 0.2) is 5.65 Å². The van der Waals surface area contributed by atoms with Gasteiger partial charge in [0, 0.05) is 31.4 Å². The van der Waals surface area contributed by atoms with Crippen molar-refractivity contribution in [1.29, 1.82) is 0 Å². The minimum atomic E-state index is -0.0315. The van der Waals surface area contributed by atoms with Gasteiger partial charge in [0.05, 0.1) is 12.8 Å². The maximum atomic E-state index is 12.0. The molecule has 2 amide bonds. The fourth-order valence-electron chi connectivity index (χ4n) is 3.12. The molecule has 3 aromatic rings. The number of fused-ring (bicyclic) bond motifs is 1. The van der Waals surface area contributed by atoms with Gasteiger partial charge in [-0.25, -0.2) is 9.78 Å². The van der Waals surface area contributed by atoms with E-state index in [0.29, 0.717) is 32.1 Å². The minimum Gasteiger partial charge on any atom is -0.467 e. The number of anilines is 1. The maximum absolute atomic E-state index is 12.0. The van der Waals surface area contributed by atoms with Gasteiger partial charge in [-0.15, -0.1) is 10.2 Å². The fourth-order valence-corrected chi connectivity index (χ4v) is 3.12. The van der Waals surface area contributed by atoms with Crippen LogP contribution in [0.2, 0.25) is 0 Å². The molecule has 0 spiro atoms. The number of hydrogen-bond donors (Lipinski definition) is 2. The molecule has 4 rings (SSSR count). The third-order valence-electron chi connectivity index (χ3n) is 4.50. The van der Waals surface area contributed by atoms with Crippen molar-refractivity contribution in [3.8, 4) is 0 Å². The molecule has 2 N–H and O–H groups in total. The molecule has 0 bridgehead atoms. The van der Waals surface area contributed by atoms with Gasteiger partial charge in [0.25, 0.3) is 0 Å². The molecule has 4 heterocycles. The summed E-state index contributed by atoms with van der Waals surface area (Å²) < 4.78 is 7.17. The van der Waals surface area contributed by atoms with E-state index < -0.39 is 0 Å². The van der Waals surface area contributed by atoms with Gasteiger partial charge in [-0.1, -0.05) is 6.08 Å². The molecule has 0 saturated carbocycles. The number of carbonyl (C=O) groups excluding carboxylic acids is 1. The molecule has 9 heteroatoms. The molecule has 9 nitrogen and oxygen atoms in total. The van der Waals surface area contributed by atoms with Gasteiger partial charge in [-0.05, 0) is 31.1 Å². The number of nitrogens with zero attached hydrogens (tertiary/aromatic N) is 5. The van der Waals surface area contributed by atoms with Crippen LogP contribution in [0, 0.1) is 0 Å².